The molecule has 2 aliphatic heterocycles. The van der Waals surface area contributed by atoms with Crippen molar-refractivity contribution in [2.45, 2.75) is 18.7 Å². The first-order valence-electron chi connectivity index (χ1n) is 11.4. The summed E-state index contributed by atoms with van der Waals surface area (Å²) < 4.78 is 4.26. The zero-order valence-electron chi connectivity index (χ0n) is 19.1. The number of β-amino-alcohol motifs (C(OH)–C–C–N with tert-alkyl or cyclic N) is 1. The second kappa shape index (κ2) is 7.83. The molecule has 1 unspecified atom stereocenters. The lowest BCUT2D eigenvalue weighted by molar-refractivity contribution is 0.114. The molecule has 2 aliphatic rings. The van der Waals surface area contributed by atoms with Gasteiger partial charge in [-0.3, -0.25) is 4.57 Å². The first kappa shape index (κ1) is 20.7. The minimum absolute atomic E-state index is 0.120. The van der Waals surface area contributed by atoms with Gasteiger partial charge in [-0.2, -0.15) is 5.26 Å². The summed E-state index contributed by atoms with van der Waals surface area (Å²) in [4.78, 5) is 4.35. The van der Waals surface area contributed by atoms with Crippen molar-refractivity contribution in [3.63, 3.8) is 0 Å². The first-order valence-corrected chi connectivity index (χ1v) is 11.4. The van der Waals surface area contributed by atoms with Crippen molar-refractivity contribution < 1.29 is 5.11 Å². The largest absolute Gasteiger partial charge is 0.390 e. The van der Waals surface area contributed by atoms with E-state index in [1.165, 1.54) is 5.56 Å². The highest BCUT2D eigenvalue weighted by molar-refractivity contribution is 5.72. The Morgan fingerprint density at radius 2 is 1.88 bits per heavy atom. The average molecular weight is 452 g/mol. The normalized spacial score (nSPS) is 18.9. The molecule has 2 aromatic heterocycles. The minimum Gasteiger partial charge on any atom is -0.390 e. The summed E-state index contributed by atoms with van der Waals surface area (Å²) in [5.74, 6) is 0.802. The molecule has 34 heavy (non-hydrogen) atoms. The third-order valence-corrected chi connectivity index (χ3v) is 6.97. The van der Waals surface area contributed by atoms with Gasteiger partial charge in [0.05, 0.1) is 35.2 Å². The van der Waals surface area contributed by atoms with Crippen LogP contribution in [0.15, 0.2) is 61.1 Å². The third-order valence-electron chi connectivity index (χ3n) is 6.97. The zero-order valence-corrected chi connectivity index (χ0v) is 19.1. The number of aromatic nitrogens is 4. The van der Waals surface area contributed by atoms with Gasteiger partial charge in [0.15, 0.2) is 5.82 Å². The molecular weight excluding hydrogens is 426 g/mol. The highest BCUT2D eigenvalue weighted by Crippen LogP contribution is 2.35. The van der Waals surface area contributed by atoms with Crippen LogP contribution in [0.1, 0.15) is 11.1 Å². The Morgan fingerprint density at radius 3 is 2.62 bits per heavy atom. The molecule has 1 N–H and O–H groups in total. The summed E-state index contributed by atoms with van der Waals surface area (Å²) in [5.41, 5.74) is 7.12. The third kappa shape index (κ3) is 3.29. The van der Waals surface area contributed by atoms with Gasteiger partial charge in [0.1, 0.15) is 6.33 Å². The van der Waals surface area contributed by atoms with Crippen molar-refractivity contribution in [1.29, 1.82) is 5.26 Å². The molecule has 0 amide bonds. The SMILES string of the molecule is CN(C)C1CN(c2ccc3c(c2)Cn2cc(-c4ccc(C#N)cc4)cc2-c2nncn2-3)C[C@@H]1O. The predicted octanol–water partition coefficient (Wildman–Crippen LogP) is 2.75. The first-order chi connectivity index (χ1) is 16.5. The molecule has 1 fully saturated rings. The Balaban J connectivity index is 1.40. The Bertz CT molecular complexity index is 1410. The van der Waals surface area contributed by atoms with E-state index in [1.54, 1.807) is 6.33 Å². The van der Waals surface area contributed by atoms with E-state index in [0.29, 0.717) is 18.7 Å². The van der Waals surface area contributed by atoms with Gasteiger partial charge < -0.3 is 19.5 Å². The molecule has 0 aliphatic carbocycles. The number of likely N-dealkylation sites (N-methyl/N-ethyl adjacent to an activating group) is 1. The molecule has 0 radical (unpaired) electrons. The van der Waals surface area contributed by atoms with Crippen LogP contribution in [-0.4, -0.2) is 68.7 Å². The monoisotopic (exact) mass is 451 g/mol. The Kier molecular flexibility index (Phi) is 4.76. The van der Waals surface area contributed by atoms with Crippen molar-refractivity contribution >= 4 is 5.69 Å². The van der Waals surface area contributed by atoms with Crippen LogP contribution in [0.25, 0.3) is 28.3 Å². The second-order valence-corrected chi connectivity index (χ2v) is 9.27. The number of benzene rings is 2. The van der Waals surface area contributed by atoms with E-state index >= 15 is 0 Å². The second-order valence-electron chi connectivity index (χ2n) is 9.27. The van der Waals surface area contributed by atoms with Crippen LogP contribution in [0.4, 0.5) is 5.69 Å². The van der Waals surface area contributed by atoms with Crippen molar-refractivity contribution in [2.24, 2.45) is 0 Å². The van der Waals surface area contributed by atoms with Crippen LogP contribution in [0.2, 0.25) is 0 Å². The van der Waals surface area contributed by atoms with Crippen molar-refractivity contribution in [1.82, 2.24) is 24.2 Å². The highest BCUT2D eigenvalue weighted by atomic mass is 16.3. The predicted molar refractivity (Wildman–Crippen MR) is 130 cm³/mol. The van der Waals surface area contributed by atoms with E-state index in [9.17, 15) is 5.11 Å². The number of aliphatic hydroxyl groups excluding tert-OH is 1. The molecule has 1 saturated heterocycles. The lowest BCUT2D eigenvalue weighted by Crippen LogP contribution is -2.38. The van der Waals surface area contributed by atoms with Crippen LogP contribution in [0, 0.1) is 11.3 Å². The number of nitrogens with zero attached hydrogens (tertiary/aromatic N) is 7. The molecule has 2 aromatic carbocycles. The Labute approximate surface area is 197 Å². The smallest absolute Gasteiger partial charge is 0.185 e. The Morgan fingerprint density at radius 1 is 1.06 bits per heavy atom. The number of hydrogen-bond donors (Lipinski definition) is 1. The number of fused-ring (bicyclic) bond motifs is 5. The summed E-state index contributed by atoms with van der Waals surface area (Å²) >= 11 is 0. The van der Waals surface area contributed by atoms with Gasteiger partial charge in [0.25, 0.3) is 0 Å². The van der Waals surface area contributed by atoms with Crippen molar-refractivity contribution in [3.05, 3.63) is 72.2 Å². The lowest BCUT2D eigenvalue weighted by Gasteiger charge is -2.23. The summed E-state index contributed by atoms with van der Waals surface area (Å²) in [7, 11) is 4.03. The maximum atomic E-state index is 10.5. The fraction of sp³-hybridized carbons (Fsp3) is 0.269. The van der Waals surface area contributed by atoms with Crippen LogP contribution >= 0.6 is 0 Å². The van der Waals surface area contributed by atoms with Gasteiger partial charge in [-0.05, 0) is 61.6 Å². The van der Waals surface area contributed by atoms with Gasteiger partial charge in [-0.15, -0.1) is 10.2 Å². The molecule has 0 saturated carbocycles. The van der Waals surface area contributed by atoms with Crippen molar-refractivity contribution in [3.8, 4) is 34.4 Å². The van der Waals surface area contributed by atoms with E-state index in [0.717, 1.165) is 40.6 Å². The van der Waals surface area contributed by atoms with Crippen LogP contribution in [-0.2, 0) is 6.54 Å². The molecule has 6 rings (SSSR count). The molecule has 170 valence electrons. The fourth-order valence-electron chi connectivity index (χ4n) is 5.11. The Hall–Kier alpha value is -3.93. The molecule has 0 bridgehead atoms. The van der Waals surface area contributed by atoms with E-state index in [-0.39, 0.29) is 12.1 Å². The standard InChI is InChI=1S/C26H25N7O/c1-30(2)24-14-31(15-25(24)34)21-7-8-22-20(9-21)13-32-12-19(18-5-3-17(11-27)4-6-18)10-23(32)26-29-28-16-33(22)26/h3-10,12,16,24-25,34H,13-15H2,1-2H3/t24?,25-/m0/s1. The number of aliphatic hydroxyl groups is 1. The molecule has 8 nitrogen and oxygen atoms in total. The molecule has 2 atom stereocenters. The molecule has 0 spiro atoms. The van der Waals surface area contributed by atoms with Crippen LogP contribution < -0.4 is 4.90 Å². The van der Waals surface area contributed by atoms with E-state index < -0.39 is 0 Å². The summed E-state index contributed by atoms with van der Waals surface area (Å²) in [6, 6.07) is 18.5. The molecular formula is C26H25N7O. The van der Waals surface area contributed by atoms with Gasteiger partial charge in [-0.1, -0.05) is 12.1 Å². The molecule has 4 heterocycles. The van der Waals surface area contributed by atoms with Gasteiger partial charge in [-0.25, -0.2) is 0 Å². The van der Waals surface area contributed by atoms with Crippen molar-refractivity contribution in [2.75, 3.05) is 32.1 Å². The molecule has 8 heteroatoms. The summed E-state index contributed by atoms with van der Waals surface area (Å²) in [6.45, 7) is 2.12. The van der Waals surface area contributed by atoms with Crippen LogP contribution in [0.5, 0.6) is 0 Å². The maximum Gasteiger partial charge on any atom is 0.185 e. The minimum atomic E-state index is -0.371. The zero-order chi connectivity index (χ0) is 23.4. The fourth-order valence-corrected chi connectivity index (χ4v) is 5.11. The number of nitriles is 1. The van der Waals surface area contributed by atoms with E-state index in [1.807, 2.05) is 42.9 Å². The van der Waals surface area contributed by atoms with E-state index in [2.05, 4.69) is 61.1 Å². The van der Waals surface area contributed by atoms with Crippen LogP contribution in [0.3, 0.4) is 0 Å². The maximum absolute atomic E-state index is 10.5. The summed E-state index contributed by atoms with van der Waals surface area (Å²) in [5, 5.41) is 28.3. The summed E-state index contributed by atoms with van der Waals surface area (Å²) in [6.07, 6.45) is 3.53. The highest BCUT2D eigenvalue weighted by Gasteiger charge is 2.33. The van der Waals surface area contributed by atoms with Gasteiger partial charge >= 0.3 is 0 Å². The lowest BCUT2D eigenvalue weighted by atomic mass is 10.1. The number of anilines is 1. The average Bonchev–Trinajstić information content (AvgIpc) is 3.56. The number of hydrogen-bond acceptors (Lipinski definition) is 6. The van der Waals surface area contributed by atoms with Gasteiger partial charge in [0, 0.05) is 37.1 Å². The van der Waals surface area contributed by atoms with E-state index in [4.69, 9.17) is 5.26 Å². The quantitative estimate of drug-likeness (QED) is 0.454. The van der Waals surface area contributed by atoms with Gasteiger partial charge in [0.2, 0.25) is 0 Å². The topological polar surface area (TPSA) is 86.1 Å². The number of rotatable bonds is 3. The molecule has 4 aromatic rings.